The minimum Gasteiger partial charge on any atom is -0.478 e. The number of pyridine rings is 1. The van der Waals surface area contributed by atoms with Gasteiger partial charge in [0.05, 0.1) is 16.8 Å². The van der Waals surface area contributed by atoms with E-state index in [1.165, 1.54) is 0 Å². The number of rotatable bonds is 2. The first kappa shape index (κ1) is 14.2. The van der Waals surface area contributed by atoms with Gasteiger partial charge in [0.2, 0.25) is 0 Å². The van der Waals surface area contributed by atoms with Gasteiger partial charge in [0.25, 0.3) is 0 Å². The summed E-state index contributed by atoms with van der Waals surface area (Å²) < 4.78 is 1.83. The average Bonchev–Trinajstić information content (AvgIpc) is 2.46. The Kier molecular flexibility index (Phi) is 3.78. The molecule has 0 aliphatic carbocycles. The number of aromatic carboxylic acids is 1. The minimum atomic E-state index is -0.955. The van der Waals surface area contributed by atoms with E-state index in [0.29, 0.717) is 16.6 Å². The fourth-order valence-corrected chi connectivity index (χ4v) is 2.76. The van der Waals surface area contributed by atoms with Gasteiger partial charge in [0, 0.05) is 19.9 Å². The number of aromatic nitrogens is 1. The molecular formula is C16H9Br2NO2. The van der Waals surface area contributed by atoms with Crippen molar-refractivity contribution in [2.75, 3.05) is 0 Å². The number of halogens is 2. The molecule has 3 nitrogen and oxygen atoms in total. The minimum absolute atomic E-state index is 0.255. The quantitative estimate of drug-likeness (QED) is 0.642. The van der Waals surface area contributed by atoms with Crippen LogP contribution >= 0.6 is 31.9 Å². The standard InChI is InChI=1S/C16H9Br2NO2/c17-10-3-1-9(2-4-10)14-8-13(16(20)21)12-6-5-11(18)7-15(12)19-14/h1-8H,(H,20,21). The molecule has 1 aromatic heterocycles. The Bertz CT molecular complexity index is 845. The highest BCUT2D eigenvalue weighted by Crippen LogP contribution is 2.27. The van der Waals surface area contributed by atoms with Crippen molar-refractivity contribution in [3.63, 3.8) is 0 Å². The summed E-state index contributed by atoms with van der Waals surface area (Å²) >= 11 is 6.78. The van der Waals surface area contributed by atoms with Crippen molar-refractivity contribution in [3.8, 4) is 11.3 Å². The number of hydrogen-bond donors (Lipinski definition) is 1. The number of benzene rings is 2. The van der Waals surface area contributed by atoms with E-state index in [-0.39, 0.29) is 5.56 Å². The van der Waals surface area contributed by atoms with E-state index in [9.17, 15) is 9.90 Å². The van der Waals surface area contributed by atoms with Crippen LogP contribution < -0.4 is 0 Å². The van der Waals surface area contributed by atoms with Crippen LogP contribution in [-0.2, 0) is 0 Å². The Morgan fingerprint density at radius 3 is 2.29 bits per heavy atom. The molecule has 21 heavy (non-hydrogen) atoms. The number of carboxylic acids is 1. The van der Waals surface area contributed by atoms with Crippen LogP contribution in [0.15, 0.2) is 57.5 Å². The molecule has 1 heterocycles. The Morgan fingerprint density at radius 2 is 1.62 bits per heavy atom. The van der Waals surface area contributed by atoms with Crippen LogP contribution in [0.2, 0.25) is 0 Å². The van der Waals surface area contributed by atoms with Gasteiger partial charge in [0.1, 0.15) is 0 Å². The molecule has 0 amide bonds. The smallest absolute Gasteiger partial charge is 0.336 e. The lowest BCUT2D eigenvalue weighted by atomic mass is 10.0. The van der Waals surface area contributed by atoms with E-state index in [2.05, 4.69) is 36.8 Å². The summed E-state index contributed by atoms with van der Waals surface area (Å²) in [4.78, 5) is 16.1. The van der Waals surface area contributed by atoms with Gasteiger partial charge in [-0.15, -0.1) is 0 Å². The van der Waals surface area contributed by atoms with E-state index in [4.69, 9.17) is 0 Å². The summed E-state index contributed by atoms with van der Waals surface area (Å²) in [5.74, 6) is -0.955. The SMILES string of the molecule is O=C(O)c1cc(-c2ccc(Br)cc2)nc2cc(Br)ccc12. The lowest BCUT2D eigenvalue weighted by Gasteiger charge is -2.07. The third-order valence-electron chi connectivity index (χ3n) is 3.14. The molecule has 0 saturated carbocycles. The molecule has 0 aliphatic heterocycles. The molecule has 1 N–H and O–H groups in total. The zero-order valence-corrected chi connectivity index (χ0v) is 13.8. The van der Waals surface area contributed by atoms with Gasteiger partial charge in [0.15, 0.2) is 0 Å². The molecule has 0 saturated heterocycles. The highest BCUT2D eigenvalue weighted by atomic mass is 79.9. The third-order valence-corrected chi connectivity index (χ3v) is 4.16. The molecule has 0 atom stereocenters. The van der Waals surface area contributed by atoms with Crippen molar-refractivity contribution in [2.45, 2.75) is 0 Å². The molecule has 0 radical (unpaired) electrons. The summed E-state index contributed by atoms with van der Waals surface area (Å²) in [5, 5.41) is 10.1. The Labute approximate surface area is 137 Å². The van der Waals surface area contributed by atoms with Gasteiger partial charge < -0.3 is 5.11 Å². The Morgan fingerprint density at radius 1 is 0.952 bits per heavy atom. The van der Waals surface area contributed by atoms with Crippen LogP contribution in [-0.4, -0.2) is 16.1 Å². The van der Waals surface area contributed by atoms with Crippen LogP contribution in [0.1, 0.15) is 10.4 Å². The van der Waals surface area contributed by atoms with Gasteiger partial charge >= 0.3 is 5.97 Å². The van der Waals surface area contributed by atoms with Gasteiger partial charge in [-0.1, -0.05) is 50.1 Å². The number of carbonyl (C=O) groups is 1. The average molecular weight is 407 g/mol. The van der Waals surface area contributed by atoms with Gasteiger partial charge in [-0.25, -0.2) is 9.78 Å². The number of nitrogens with zero attached hydrogens (tertiary/aromatic N) is 1. The van der Waals surface area contributed by atoms with E-state index >= 15 is 0 Å². The number of hydrogen-bond acceptors (Lipinski definition) is 2. The summed E-state index contributed by atoms with van der Waals surface area (Å²) in [6.45, 7) is 0. The van der Waals surface area contributed by atoms with E-state index in [1.807, 2.05) is 36.4 Å². The van der Waals surface area contributed by atoms with E-state index < -0.39 is 5.97 Å². The van der Waals surface area contributed by atoms with Crippen LogP contribution in [0.3, 0.4) is 0 Å². The second-order valence-corrected chi connectivity index (χ2v) is 6.36. The summed E-state index contributed by atoms with van der Waals surface area (Å²) in [6, 6.07) is 14.6. The maximum Gasteiger partial charge on any atom is 0.336 e. The van der Waals surface area contributed by atoms with Crippen molar-refractivity contribution in [1.82, 2.24) is 4.98 Å². The molecule has 5 heteroatoms. The maximum atomic E-state index is 11.5. The molecule has 0 aliphatic rings. The monoisotopic (exact) mass is 405 g/mol. The van der Waals surface area contributed by atoms with Crippen molar-refractivity contribution in [3.05, 3.63) is 63.0 Å². The first-order valence-corrected chi connectivity index (χ1v) is 7.73. The van der Waals surface area contributed by atoms with Crippen molar-refractivity contribution in [2.24, 2.45) is 0 Å². The zero-order valence-electron chi connectivity index (χ0n) is 10.7. The second-order valence-electron chi connectivity index (χ2n) is 4.53. The van der Waals surface area contributed by atoms with Gasteiger partial charge in [-0.2, -0.15) is 0 Å². The second kappa shape index (κ2) is 5.58. The predicted molar refractivity (Wildman–Crippen MR) is 89.5 cm³/mol. The Balaban J connectivity index is 2.29. The van der Waals surface area contributed by atoms with Crippen LogP contribution in [0, 0.1) is 0 Å². The molecule has 2 aromatic carbocycles. The normalized spacial score (nSPS) is 10.8. The molecule has 0 unspecified atom stereocenters. The lowest BCUT2D eigenvalue weighted by Crippen LogP contribution is -2.00. The molecule has 0 bridgehead atoms. The molecule has 0 fully saturated rings. The zero-order chi connectivity index (χ0) is 15.0. The van der Waals surface area contributed by atoms with Crippen molar-refractivity contribution >= 4 is 48.7 Å². The topological polar surface area (TPSA) is 50.2 Å². The van der Waals surface area contributed by atoms with E-state index in [0.717, 1.165) is 14.5 Å². The van der Waals surface area contributed by atoms with Crippen LogP contribution in [0.25, 0.3) is 22.2 Å². The Hall–Kier alpha value is -1.72. The van der Waals surface area contributed by atoms with Crippen LogP contribution in [0.4, 0.5) is 0 Å². The summed E-state index contributed by atoms with van der Waals surface area (Å²) in [6.07, 6.45) is 0. The maximum absolute atomic E-state index is 11.5. The van der Waals surface area contributed by atoms with Gasteiger partial charge in [-0.3, -0.25) is 0 Å². The molecule has 3 aromatic rings. The highest BCUT2D eigenvalue weighted by Gasteiger charge is 2.13. The molecule has 3 rings (SSSR count). The molecule has 0 spiro atoms. The van der Waals surface area contributed by atoms with Crippen molar-refractivity contribution < 1.29 is 9.90 Å². The van der Waals surface area contributed by atoms with Gasteiger partial charge in [-0.05, 0) is 30.3 Å². The predicted octanol–water partition coefficient (Wildman–Crippen LogP) is 5.13. The lowest BCUT2D eigenvalue weighted by molar-refractivity contribution is 0.0699. The fourth-order valence-electron chi connectivity index (χ4n) is 2.15. The number of fused-ring (bicyclic) bond motifs is 1. The highest BCUT2D eigenvalue weighted by molar-refractivity contribution is 9.10. The first-order chi connectivity index (χ1) is 10.0. The van der Waals surface area contributed by atoms with Crippen molar-refractivity contribution in [1.29, 1.82) is 0 Å². The first-order valence-electron chi connectivity index (χ1n) is 6.14. The fraction of sp³-hybridized carbons (Fsp3) is 0. The largest absolute Gasteiger partial charge is 0.478 e. The summed E-state index contributed by atoms with van der Waals surface area (Å²) in [5.41, 5.74) is 2.43. The van der Waals surface area contributed by atoms with E-state index in [1.54, 1.807) is 12.1 Å². The third kappa shape index (κ3) is 2.84. The van der Waals surface area contributed by atoms with Crippen LogP contribution in [0.5, 0.6) is 0 Å². The number of carboxylic acid groups (broad SMARTS) is 1. The summed E-state index contributed by atoms with van der Waals surface area (Å²) in [7, 11) is 0. The molecular weight excluding hydrogens is 398 g/mol. The molecule has 104 valence electrons.